The lowest BCUT2D eigenvalue weighted by Gasteiger charge is -2.39. The van der Waals surface area contributed by atoms with E-state index in [1.807, 2.05) is 0 Å². The van der Waals surface area contributed by atoms with Gasteiger partial charge in [0.2, 0.25) is 0 Å². The van der Waals surface area contributed by atoms with Crippen molar-refractivity contribution in [2.45, 2.75) is 64.7 Å². The van der Waals surface area contributed by atoms with Gasteiger partial charge in [-0.3, -0.25) is 0 Å². The summed E-state index contributed by atoms with van der Waals surface area (Å²) in [4.78, 5) is 0. The van der Waals surface area contributed by atoms with E-state index in [9.17, 15) is 0 Å². The highest BCUT2D eigenvalue weighted by atomic mass is 79.9. The van der Waals surface area contributed by atoms with Crippen molar-refractivity contribution in [1.82, 2.24) is 0 Å². The van der Waals surface area contributed by atoms with Crippen molar-refractivity contribution < 1.29 is 9.47 Å². The van der Waals surface area contributed by atoms with E-state index >= 15 is 0 Å². The van der Waals surface area contributed by atoms with Gasteiger partial charge in [-0.2, -0.15) is 0 Å². The lowest BCUT2D eigenvalue weighted by atomic mass is 9.68. The minimum Gasteiger partial charge on any atom is -0.382 e. The van der Waals surface area contributed by atoms with Gasteiger partial charge in [0.1, 0.15) is 0 Å². The third-order valence-electron chi connectivity index (χ3n) is 4.84. The zero-order valence-corrected chi connectivity index (χ0v) is 15.1. The van der Waals surface area contributed by atoms with E-state index in [1.165, 1.54) is 63.1 Å². The number of unbranched alkanes of at least 4 members (excludes halogenated alkanes) is 1. The zero-order chi connectivity index (χ0) is 14.7. The summed E-state index contributed by atoms with van der Waals surface area (Å²) in [5.41, 5.74) is 0.549. The third kappa shape index (κ3) is 6.91. The Kier molecular flexibility index (Phi) is 10.2. The highest BCUT2D eigenvalue weighted by molar-refractivity contribution is 9.09. The van der Waals surface area contributed by atoms with E-state index in [1.54, 1.807) is 7.11 Å². The Labute approximate surface area is 134 Å². The summed E-state index contributed by atoms with van der Waals surface area (Å²) >= 11 is 3.77. The summed E-state index contributed by atoms with van der Waals surface area (Å²) in [7, 11) is 1.72. The van der Waals surface area contributed by atoms with Crippen LogP contribution in [0.3, 0.4) is 0 Å². The summed E-state index contributed by atoms with van der Waals surface area (Å²) in [6.45, 7) is 4.63. The molecule has 0 atom stereocenters. The summed E-state index contributed by atoms with van der Waals surface area (Å²) in [5.74, 6) is 1.00. The number of rotatable bonds is 11. The van der Waals surface area contributed by atoms with Crippen molar-refractivity contribution in [3.63, 3.8) is 0 Å². The molecule has 0 saturated heterocycles. The number of alkyl halides is 1. The minimum absolute atomic E-state index is 0.549. The molecular formula is C17H33BrO2. The topological polar surface area (TPSA) is 18.5 Å². The maximum Gasteiger partial charge on any atom is 0.0700 e. The Morgan fingerprint density at radius 1 is 1.10 bits per heavy atom. The van der Waals surface area contributed by atoms with Crippen LogP contribution in [0.25, 0.3) is 0 Å². The van der Waals surface area contributed by atoms with Gasteiger partial charge in [-0.05, 0) is 49.9 Å². The second kappa shape index (κ2) is 11.0. The number of halogens is 1. The molecule has 0 heterocycles. The van der Waals surface area contributed by atoms with Crippen molar-refractivity contribution >= 4 is 15.9 Å². The Balaban J connectivity index is 2.17. The molecule has 0 aromatic carbocycles. The average Bonchev–Trinajstić information content (AvgIpc) is 2.50. The van der Waals surface area contributed by atoms with E-state index in [4.69, 9.17) is 9.47 Å². The fraction of sp³-hybridized carbons (Fsp3) is 1.00. The maximum atomic E-state index is 5.59. The molecule has 0 unspecified atom stereocenters. The standard InChI is InChI=1S/C17H33BrO2/c1-3-4-6-16-7-10-17(15-18,11-8-16)9-5-12-20-14-13-19-2/h16H,3-15H2,1-2H3. The van der Waals surface area contributed by atoms with Crippen molar-refractivity contribution in [2.24, 2.45) is 11.3 Å². The lowest BCUT2D eigenvalue weighted by Crippen LogP contribution is -2.29. The second-order valence-corrected chi connectivity index (χ2v) is 6.99. The quantitative estimate of drug-likeness (QED) is 0.377. The van der Waals surface area contributed by atoms with Crippen molar-refractivity contribution in [1.29, 1.82) is 0 Å². The molecule has 0 aromatic heterocycles. The third-order valence-corrected chi connectivity index (χ3v) is 6.03. The molecule has 2 nitrogen and oxygen atoms in total. The largest absolute Gasteiger partial charge is 0.382 e. The van der Waals surface area contributed by atoms with Crippen LogP contribution in [0.2, 0.25) is 0 Å². The fourth-order valence-electron chi connectivity index (χ4n) is 3.32. The smallest absolute Gasteiger partial charge is 0.0700 e. The molecule has 0 aromatic rings. The van der Waals surface area contributed by atoms with Gasteiger partial charge in [-0.25, -0.2) is 0 Å². The van der Waals surface area contributed by atoms with Crippen LogP contribution in [0.1, 0.15) is 64.7 Å². The number of methoxy groups -OCH3 is 1. The summed E-state index contributed by atoms with van der Waals surface area (Å²) in [6, 6.07) is 0. The van der Waals surface area contributed by atoms with Gasteiger partial charge in [0, 0.05) is 19.0 Å². The van der Waals surface area contributed by atoms with Crippen molar-refractivity contribution in [2.75, 3.05) is 32.3 Å². The monoisotopic (exact) mass is 348 g/mol. The summed E-state index contributed by atoms with van der Waals surface area (Å²) < 4.78 is 10.6. The highest BCUT2D eigenvalue weighted by Crippen LogP contribution is 2.44. The summed E-state index contributed by atoms with van der Waals surface area (Å²) in [6.07, 6.45) is 12.4. The first-order valence-corrected chi connectivity index (χ1v) is 9.51. The van der Waals surface area contributed by atoms with Gasteiger partial charge in [0.05, 0.1) is 13.2 Å². The van der Waals surface area contributed by atoms with Crippen LogP contribution in [0.4, 0.5) is 0 Å². The Hall–Kier alpha value is 0.400. The number of hydrogen-bond acceptors (Lipinski definition) is 2. The molecule has 3 heteroatoms. The van der Waals surface area contributed by atoms with Crippen LogP contribution in [0.15, 0.2) is 0 Å². The maximum absolute atomic E-state index is 5.59. The molecule has 0 radical (unpaired) electrons. The predicted octanol–water partition coefficient (Wildman–Crippen LogP) is 5.19. The fourth-order valence-corrected chi connectivity index (χ4v) is 4.16. The van der Waals surface area contributed by atoms with E-state index in [0.29, 0.717) is 12.0 Å². The van der Waals surface area contributed by atoms with Crippen molar-refractivity contribution in [3.05, 3.63) is 0 Å². The Bertz CT molecular complexity index is 225. The van der Waals surface area contributed by atoms with Gasteiger partial charge in [0.15, 0.2) is 0 Å². The molecule has 1 aliphatic carbocycles. The molecule has 0 amide bonds. The Morgan fingerprint density at radius 2 is 1.85 bits per heavy atom. The predicted molar refractivity (Wildman–Crippen MR) is 89.6 cm³/mol. The molecule has 0 bridgehead atoms. The van der Waals surface area contributed by atoms with Gasteiger partial charge in [-0.15, -0.1) is 0 Å². The van der Waals surface area contributed by atoms with E-state index in [0.717, 1.165) is 19.1 Å². The first kappa shape index (κ1) is 18.4. The number of hydrogen-bond donors (Lipinski definition) is 0. The molecule has 120 valence electrons. The minimum atomic E-state index is 0.549. The van der Waals surface area contributed by atoms with Crippen LogP contribution in [0, 0.1) is 11.3 Å². The SMILES string of the molecule is CCCCC1CCC(CBr)(CCCOCCOC)CC1. The highest BCUT2D eigenvalue weighted by Gasteiger charge is 2.33. The van der Waals surface area contributed by atoms with E-state index in [-0.39, 0.29) is 0 Å². The van der Waals surface area contributed by atoms with Crippen LogP contribution in [-0.2, 0) is 9.47 Å². The van der Waals surface area contributed by atoms with E-state index in [2.05, 4.69) is 22.9 Å². The van der Waals surface area contributed by atoms with Crippen LogP contribution >= 0.6 is 15.9 Å². The molecule has 0 spiro atoms. The number of ether oxygens (including phenoxy) is 2. The van der Waals surface area contributed by atoms with Crippen LogP contribution in [-0.4, -0.2) is 32.3 Å². The molecule has 1 fully saturated rings. The van der Waals surface area contributed by atoms with Crippen molar-refractivity contribution in [3.8, 4) is 0 Å². The second-order valence-electron chi connectivity index (χ2n) is 6.43. The molecule has 0 aliphatic heterocycles. The van der Waals surface area contributed by atoms with Crippen LogP contribution in [0.5, 0.6) is 0 Å². The molecular weight excluding hydrogens is 316 g/mol. The first-order valence-electron chi connectivity index (χ1n) is 8.39. The molecule has 1 aliphatic rings. The van der Waals surface area contributed by atoms with Gasteiger partial charge < -0.3 is 9.47 Å². The summed E-state index contributed by atoms with van der Waals surface area (Å²) in [5, 5.41) is 1.17. The van der Waals surface area contributed by atoms with Gasteiger partial charge >= 0.3 is 0 Å². The Morgan fingerprint density at radius 3 is 2.45 bits per heavy atom. The van der Waals surface area contributed by atoms with Gasteiger partial charge in [-0.1, -0.05) is 42.1 Å². The zero-order valence-electron chi connectivity index (χ0n) is 13.5. The molecule has 0 N–H and O–H groups in total. The first-order chi connectivity index (χ1) is 9.76. The van der Waals surface area contributed by atoms with Gasteiger partial charge in [0.25, 0.3) is 0 Å². The molecule has 20 heavy (non-hydrogen) atoms. The molecule has 1 saturated carbocycles. The van der Waals surface area contributed by atoms with E-state index < -0.39 is 0 Å². The normalized spacial score (nSPS) is 26.9. The lowest BCUT2D eigenvalue weighted by molar-refractivity contribution is 0.0600. The average molecular weight is 349 g/mol. The molecule has 1 rings (SSSR count). The van der Waals surface area contributed by atoms with Crippen LogP contribution < -0.4 is 0 Å².